The van der Waals surface area contributed by atoms with Crippen molar-refractivity contribution in [2.75, 3.05) is 33.7 Å². The van der Waals surface area contributed by atoms with Crippen LogP contribution in [-0.2, 0) is 14.9 Å². The standard InChI is InChI=1S/C15H27N3O.C7H8O3S/c1-5-18-11-6-8-14(18)12-13(2)15(19)16-9-7-10-17(3)4;1-6-2-4-7(5-3-6)11(8,9)10/h5,12,14H,1,6-11H2,2-4H3,(H,16,19);2-5H,1H3,(H,8,9,10). The fourth-order valence-corrected chi connectivity index (χ4v) is 3.51. The van der Waals surface area contributed by atoms with E-state index in [4.69, 9.17) is 4.55 Å². The first-order valence-electron chi connectivity index (χ1n) is 10.1. The quantitative estimate of drug-likeness (QED) is 0.369. The van der Waals surface area contributed by atoms with Crippen molar-refractivity contribution in [1.82, 2.24) is 15.1 Å². The number of carbonyl (C=O) groups excluding carboxylic acids is 1. The molecule has 0 aromatic heterocycles. The van der Waals surface area contributed by atoms with Gasteiger partial charge < -0.3 is 15.1 Å². The maximum absolute atomic E-state index is 11.9. The molecule has 1 amide bonds. The predicted octanol–water partition coefficient (Wildman–Crippen LogP) is 2.85. The monoisotopic (exact) mass is 437 g/mol. The van der Waals surface area contributed by atoms with Crippen LogP contribution in [0.5, 0.6) is 0 Å². The Hall–Kier alpha value is -2.16. The van der Waals surface area contributed by atoms with Gasteiger partial charge in [-0.1, -0.05) is 30.4 Å². The van der Waals surface area contributed by atoms with Gasteiger partial charge in [-0.15, -0.1) is 0 Å². The molecule has 30 heavy (non-hydrogen) atoms. The summed E-state index contributed by atoms with van der Waals surface area (Å²) in [7, 11) is 0.0577. The van der Waals surface area contributed by atoms with Gasteiger partial charge in [-0.25, -0.2) is 0 Å². The maximum Gasteiger partial charge on any atom is 0.294 e. The molecule has 1 saturated heterocycles. The molecule has 0 saturated carbocycles. The summed E-state index contributed by atoms with van der Waals surface area (Å²) in [6.07, 6.45) is 7.20. The molecule has 0 spiro atoms. The SMILES string of the molecule is C=CN1CCCC1C=C(C)C(=O)NCCCN(C)C.Cc1ccc(S(=O)(=O)O)cc1. The number of carbonyl (C=O) groups is 1. The molecule has 1 unspecified atom stereocenters. The van der Waals surface area contributed by atoms with Crippen LogP contribution in [0.4, 0.5) is 0 Å². The fraction of sp³-hybridized carbons (Fsp3) is 0.500. The van der Waals surface area contributed by atoms with Gasteiger partial charge in [0.25, 0.3) is 10.1 Å². The van der Waals surface area contributed by atoms with E-state index in [1.54, 1.807) is 12.1 Å². The minimum Gasteiger partial charge on any atom is -0.372 e. The molecule has 1 aliphatic rings. The first-order chi connectivity index (χ1) is 14.0. The lowest BCUT2D eigenvalue weighted by molar-refractivity contribution is -0.117. The highest BCUT2D eigenvalue weighted by Crippen LogP contribution is 2.19. The van der Waals surface area contributed by atoms with E-state index < -0.39 is 10.1 Å². The molecule has 1 atom stereocenters. The van der Waals surface area contributed by atoms with Crippen LogP contribution in [0.25, 0.3) is 0 Å². The maximum atomic E-state index is 11.9. The summed E-state index contributed by atoms with van der Waals surface area (Å²) in [5.74, 6) is 0.0506. The van der Waals surface area contributed by atoms with Crippen molar-refractivity contribution >= 4 is 16.0 Å². The van der Waals surface area contributed by atoms with Crippen molar-refractivity contribution in [3.63, 3.8) is 0 Å². The Morgan fingerprint density at radius 3 is 2.50 bits per heavy atom. The van der Waals surface area contributed by atoms with Crippen LogP contribution in [0.3, 0.4) is 0 Å². The zero-order chi connectivity index (χ0) is 22.7. The third kappa shape index (κ3) is 9.56. The first kappa shape index (κ1) is 25.9. The Bertz CT molecular complexity index is 817. The number of benzene rings is 1. The highest BCUT2D eigenvalue weighted by Gasteiger charge is 2.20. The molecule has 7 nitrogen and oxygen atoms in total. The van der Waals surface area contributed by atoms with E-state index in [9.17, 15) is 13.2 Å². The van der Waals surface area contributed by atoms with Gasteiger partial charge in [0.05, 0.1) is 4.90 Å². The topological polar surface area (TPSA) is 90.0 Å². The summed E-state index contributed by atoms with van der Waals surface area (Å²) in [5, 5.41) is 2.97. The average Bonchev–Trinajstić information content (AvgIpc) is 3.12. The molecule has 2 N–H and O–H groups in total. The van der Waals surface area contributed by atoms with Crippen LogP contribution in [0.2, 0.25) is 0 Å². The number of aryl methyl sites for hydroxylation is 1. The predicted molar refractivity (Wildman–Crippen MR) is 121 cm³/mol. The average molecular weight is 438 g/mol. The molecule has 0 bridgehead atoms. The molecule has 1 fully saturated rings. The van der Waals surface area contributed by atoms with Crippen LogP contribution in [-0.4, -0.2) is 68.4 Å². The largest absolute Gasteiger partial charge is 0.372 e. The number of rotatable bonds is 8. The van der Waals surface area contributed by atoms with Crippen molar-refractivity contribution in [2.45, 2.75) is 44.0 Å². The zero-order valence-corrected chi connectivity index (χ0v) is 19.3. The Labute approximate surface area is 181 Å². The molecule has 0 radical (unpaired) electrons. The van der Waals surface area contributed by atoms with Crippen molar-refractivity contribution in [3.8, 4) is 0 Å². The van der Waals surface area contributed by atoms with Crippen molar-refractivity contribution in [2.24, 2.45) is 0 Å². The zero-order valence-electron chi connectivity index (χ0n) is 18.5. The molecular formula is C22H35N3O4S. The molecule has 1 aromatic rings. The molecule has 0 aliphatic carbocycles. The summed E-state index contributed by atoms with van der Waals surface area (Å²) < 4.78 is 29.6. The van der Waals surface area contributed by atoms with Crippen LogP contribution in [0.15, 0.2) is 53.6 Å². The summed E-state index contributed by atoms with van der Waals surface area (Å²) in [4.78, 5) is 16.2. The minimum absolute atomic E-state index is 0.0506. The smallest absolute Gasteiger partial charge is 0.294 e. The molecule has 1 aromatic carbocycles. The van der Waals surface area contributed by atoms with Crippen LogP contribution < -0.4 is 5.32 Å². The minimum atomic E-state index is -4.02. The van der Waals surface area contributed by atoms with E-state index in [2.05, 4.69) is 27.8 Å². The second kappa shape index (κ2) is 12.5. The van der Waals surface area contributed by atoms with Gasteiger partial charge >= 0.3 is 0 Å². The van der Waals surface area contributed by atoms with Crippen molar-refractivity contribution < 1.29 is 17.8 Å². The summed E-state index contributed by atoms with van der Waals surface area (Å²) in [5.41, 5.74) is 1.76. The highest BCUT2D eigenvalue weighted by atomic mass is 32.2. The third-order valence-corrected chi connectivity index (χ3v) is 5.63. The van der Waals surface area contributed by atoms with E-state index in [-0.39, 0.29) is 10.8 Å². The Balaban J connectivity index is 0.000000346. The summed E-state index contributed by atoms with van der Waals surface area (Å²) >= 11 is 0. The van der Waals surface area contributed by atoms with Gasteiger partial charge in [0.2, 0.25) is 5.91 Å². The molecule has 2 rings (SSSR count). The number of amides is 1. The summed E-state index contributed by atoms with van der Waals surface area (Å²) in [6.45, 7) is 10.3. The van der Waals surface area contributed by atoms with Gasteiger partial charge in [0.1, 0.15) is 0 Å². The van der Waals surface area contributed by atoms with E-state index in [0.717, 1.165) is 43.6 Å². The highest BCUT2D eigenvalue weighted by molar-refractivity contribution is 7.85. The second-order valence-electron chi connectivity index (χ2n) is 7.68. The molecule has 8 heteroatoms. The van der Waals surface area contributed by atoms with Crippen LogP contribution >= 0.6 is 0 Å². The number of hydrogen-bond acceptors (Lipinski definition) is 5. The fourth-order valence-electron chi connectivity index (χ4n) is 3.03. The summed E-state index contributed by atoms with van der Waals surface area (Å²) in [6, 6.07) is 6.33. The lowest BCUT2D eigenvalue weighted by atomic mass is 10.1. The second-order valence-corrected chi connectivity index (χ2v) is 9.10. The van der Waals surface area contributed by atoms with Gasteiger partial charge in [0, 0.05) is 24.7 Å². The van der Waals surface area contributed by atoms with E-state index in [1.807, 2.05) is 34.1 Å². The first-order valence-corrected chi connectivity index (χ1v) is 11.5. The molecule has 168 valence electrons. The van der Waals surface area contributed by atoms with Crippen molar-refractivity contribution in [1.29, 1.82) is 0 Å². The lowest BCUT2D eigenvalue weighted by Crippen LogP contribution is -2.29. The van der Waals surface area contributed by atoms with Gasteiger partial charge in [-0.3, -0.25) is 9.35 Å². The lowest BCUT2D eigenvalue weighted by Gasteiger charge is -2.19. The van der Waals surface area contributed by atoms with Crippen molar-refractivity contribution in [3.05, 3.63) is 54.3 Å². The number of hydrogen-bond donors (Lipinski definition) is 2. The molecule has 1 heterocycles. The Morgan fingerprint density at radius 1 is 1.33 bits per heavy atom. The Morgan fingerprint density at radius 2 is 1.97 bits per heavy atom. The van der Waals surface area contributed by atoms with E-state index in [0.29, 0.717) is 6.04 Å². The van der Waals surface area contributed by atoms with Gasteiger partial charge in [0.15, 0.2) is 0 Å². The van der Waals surface area contributed by atoms with Gasteiger partial charge in [-0.2, -0.15) is 8.42 Å². The van der Waals surface area contributed by atoms with Crippen LogP contribution in [0, 0.1) is 6.92 Å². The van der Waals surface area contributed by atoms with Gasteiger partial charge in [-0.05, 0) is 72.1 Å². The Kier molecular flexibility index (Phi) is 10.8. The van der Waals surface area contributed by atoms with Crippen LogP contribution in [0.1, 0.15) is 31.7 Å². The third-order valence-electron chi connectivity index (χ3n) is 4.76. The normalized spacial score (nSPS) is 16.8. The molecular weight excluding hydrogens is 402 g/mol. The molecule has 1 aliphatic heterocycles. The number of nitrogens with one attached hydrogen (secondary N) is 1. The number of nitrogens with zero attached hydrogens (tertiary/aromatic N) is 2. The van der Waals surface area contributed by atoms with E-state index in [1.165, 1.54) is 18.6 Å². The number of likely N-dealkylation sites (tertiary alicyclic amines) is 1. The van der Waals surface area contributed by atoms with E-state index >= 15 is 0 Å².